The number of carbonyl (C=O) groups excluding carboxylic acids is 1. The lowest BCUT2D eigenvalue weighted by Crippen LogP contribution is -2.33. The SMILES string of the molecule is CCOC(=O)C(C)(O)SOO. The van der Waals surface area contributed by atoms with Crippen LogP contribution in [0.1, 0.15) is 13.8 Å². The van der Waals surface area contributed by atoms with Gasteiger partial charge in [0.05, 0.1) is 18.6 Å². The Morgan fingerprint density at radius 2 is 2.27 bits per heavy atom. The van der Waals surface area contributed by atoms with Crippen LogP contribution in [0.3, 0.4) is 0 Å². The molecule has 0 saturated heterocycles. The maximum absolute atomic E-state index is 10.8. The van der Waals surface area contributed by atoms with Crippen molar-refractivity contribution in [2.24, 2.45) is 0 Å². The Balaban J connectivity index is 3.94. The number of rotatable bonds is 4. The summed E-state index contributed by atoms with van der Waals surface area (Å²) in [7, 11) is 0. The van der Waals surface area contributed by atoms with Crippen LogP contribution in [-0.2, 0) is 13.9 Å². The zero-order valence-corrected chi connectivity index (χ0v) is 7.05. The fourth-order valence-corrected chi connectivity index (χ4v) is 0.644. The van der Waals surface area contributed by atoms with Crippen molar-refractivity contribution in [1.82, 2.24) is 0 Å². The van der Waals surface area contributed by atoms with E-state index in [1.165, 1.54) is 0 Å². The summed E-state index contributed by atoms with van der Waals surface area (Å²) in [6.07, 6.45) is 0. The number of ether oxygens (including phenoxy) is 1. The number of hydrogen-bond acceptors (Lipinski definition) is 6. The molecule has 0 aromatic heterocycles. The highest BCUT2D eigenvalue weighted by atomic mass is 32.2. The van der Waals surface area contributed by atoms with Crippen LogP contribution < -0.4 is 0 Å². The largest absolute Gasteiger partial charge is 0.463 e. The smallest absolute Gasteiger partial charge is 0.351 e. The standard InChI is InChI=1S/C5H10O5S/c1-3-9-4(6)5(2,7)11-10-8/h7-8H,3H2,1-2H3. The van der Waals surface area contributed by atoms with Crippen LogP contribution in [0.15, 0.2) is 0 Å². The molecule has 0 saturated carbocycles. The Labute approximate surface area is 68.4 Å². The Hall–Kier alpha value is -0.300. The summed E-state index contributed by atoms with van der Waals surface area (Å²) in [5.74, 6) is -0.848. The molecule has 0 aromatic rings. The molecule has 0 aliphatic carbocycles. The molecule has 0 aromatic carbocycles. The average Bonchev–Trinajstić information content (AvgIpc) is 1.88. The molecule has 5 nitrogen and oxygen atoms in total. The van der Waals surface area contributed by atoms with Crippen molar-refractivity contribution in [3.63, 3.8) is 0 Å². The molecule has 0 aliphatic rings. The van der Waals surface area contributed by atoms with Gasteiger partial charge in [0.2, 0.25) is 4.93 Å². The summed E-state index contributed by atoms with van der Waals surface area (Å²) in [5.41, 5.74) is 0. The molecular weight excluding hydrogens is 172 g/mol. The van der Waals surface area contributed by atoms with Crippen LogP contribution in [0.25, 0.3) is 0 Å². The summed E-state index contributed by atoms with van der Waals surface area (Å²) < 4.78 is 8.00. The van der Waals surface area contributed by atoms with Gasteiger partial charge in [0.15, 0.2) is 0 Å². The predicted octanol–water partition coefficient (Wildman–Crippen LogP) is 0.396. The minimum atomic E-state index is -1.86. The van der Waals surface area contributed by atoms with Gasteiger partial charge in [-0.25, -0.2) is 10.1 Å². The van der Waals surface area contributed by atoms with E-state index in [2.05, 4.69) is 9.07 Å². The van der Waals surface area contributed by atoms with Gasteiger partial charge in [-0.15, -0.1) is 0 Å². The van der Waals surface area contributed by atoms with Crippen LogP contribution in [0.2, 0.25) is 0 Å². The van der Waals surface area contributed by atoms with E-state index in [1.54, 1.807) is 6.92 Å². The third kappa shape index (κ3) is 3.57. The fraction of sp³-hybridized carbons (Fsp3) is 0.800. The minimum absolute atomic E-state index is 0.168. The van der Waals surface area contributed by atoms with Gasteiger partial charge in [-0.3, -0.25) is 0 Å². The van der Waals surface area contributed by atoms with Crippen molar-refractivity contribution in [2.75, 3.05) is 6.61 Å². The molecule has 0 radical (unpaired) electrons. The number of hydrogen-bond donors (Lipinski definition) is 2. The molecule has 0 amide bonds. The average molecular weight is 182 g/mol. The van der Waals surface area contributed by atoms with E-state index in [1.807, 2.05) is 0 Å². The van der Waals surface area contributed by atoms with E-state index < -0.39 is 10.9 Å². The van der Waals surface area contributed by atoms with Crippen molar-refractivity contribution in [1.29, 1.82) is 0 Å². The van der Waals surface area contributed by atoms with Crippen LogP contribution in [0.5, 0.6) is 0 Å². The molecule has 0 aliphatic heterocycles. The summed E-state index contributed by atoms with van der Waals surface area (Å²) >= 11 is 0.218. The number of carbonyl (C=O) groups is 1. The van der Waals surface area contributed by atoms with Gasteiger partial charge < -0.3 is 9.84 Å². The Kier molecular flexibility index (Phi) is 4.43. The van der Waals surface area contributed by atoms with E-state index >= 15 is 0 Å². The second-order valence-electron chi connectivity index (χ2n) is 1.86. The molecule has 0 fully saturated rings. The summed E-state index contributed by atoms with van der Waals surface area (Å²) in [4.78, 5) is 8.91. The summed E-state index contributed by atoms with van der Waals surface area (Å²) in [5, 5.41) is 17.0. The van der Waals surface area contributed by atoms with Crippen molar-refractivity contribution in [3.05, 3.63) is 0 Å². The lowest BCUT2D eigenvalue weighted by molar-refractivity contribution is -0.158. The van der Waals surface area contributed by atoms with Gasteiger partial charge in [-0.05, 0) is 13.8 Å². The first-order valence-electron chi connectivity index (χ1n) is 2.93. The van der Waals surface area contributed by atoms with Gasteiger partial charge in [0.1, 0.15) is 0 Å². The van der Waals surface area contributed by atoms with E-state index in [0.29, 0.717) is 0 Å². The predicted molar refractivity (Wildman–Crippen MR) is 38.6 cm³/mol. The molecule has 0 bridgehead atoms. The third-order valence-electron chi connectivity index (χ3n) is 0.854. The van der Waals surface area contributed by atoms with Crippen molar-refractivity contribution < 1.29 is 24.2 Å². The lowest BCUT2D eigenvalue weighted by atomic mass is 10.4. The molecule has 0 heterocycles. The second-order valence-corrected chi connectivity index (χ2v) is 2.97. The van der Waals surface area contributed by atoms with Crippen molar-refractivity contribution in [2.45, 2.75) is 18.8 Å². The van der Waals surface area contributed by atoms with Gasteiger partial charge in [-0.2, -0.15) is 4.33 Å². The van der Waals surface area contributed by atoms with Gasteiger partial charge in [0, 0.05) is 0 Å². The van der Waals surface area contributed by atoms with Gasteiger partial charge in [0.25, 0.3) is 0 Å². The van der Waals surface area contributed by atoms with Gasteiger partial charge >= 0.3 is 5.97 Å². The minimum Gasteiger partial charge on any atom is -0.463 e. The molecule has 6 heteroatoms. The van der Waals surface area contributed by atoms with Crippen LogP contribution in [0, 0.1) is 0 Å². The molecule has 66 valence electrons. The third-order valence-corrected chi connectivity index (χ3v) is 1.42. The highest BCUT2D eigenvalue weighted by Crippen LogP contribution is 2.22. The van der Waals surface area contributed by atoms with E-state index in [-0.39, 0.29) is 18.6 Å². The Bertz CT molecular complexity index is 135. The molecule has 11 heavy (non-hydrogen) atoms. The molecule has 1 atom stereocenters. The zero-order valence-electron chi connectivity index (χ0n) is 6.23. The summed E-state index contributed by atoms with van der Waals surface area (Å²) in [6.45, 7) is 2.94. The first kappa shape index (κ1) is 10.7. The van der Waals surface area contributed by atoms with Crippen molar-refractivity contribution in [3.8, 4) is 0 Å². The fourth-order valence-electron chi connectivity index (χ4n) is 0.372. The molecular formula is C5H10O5S. The Morgan fingerprint density at radius 3 is 2.64 bits per heavy atom. The number of esters is 1. The summed E-state index contributed by atoms with van der Waals surface area (Å²) in [6, 6.07) is 0. The number of aliphatic hydroxyl groups is 1. The topological polar surface area (TPSA) is 76.0 Å². The maximum atomic E-state index is 10.8. The van der Waals surface area contributed by atoms with E-state index in [0.717, 1.165) is 6.92 Å². The van der Waals surface area contributed by atoms with E-state index in [9.17, 15) is 4.79 Å². The maximum Gasteiger partial charge on any atom is 0.351 e. The first-order valence-corrected chi connectivity index (χ1v) is 3.67. The lowest BCUT2D eigenvalue weighted by Gasteiger charge is -2.16. The first-order chi connectivity index (χ1) is 5.04. The van der Waals surface area contributed by atoms with E-state index in [4.69, 9.17) is 10.4 Å². The quantitative estimate of drug-likeness (QED) is 0.215. The highest BCUT2D eigenvalue weighted by molar-refractivity contribution is 7.96. The van der Waals surface area contributed by atoms with Gasteiger partial charge in [-0.1, -0.05) is 0 Å². The highest BCUT2D eigenvalue weighted by Gasteiger charge is 2.34. The van der Waals surface area contributed by atoms with Crippen LogP contribution in [-0.4, -0.2) is 27.9 Å². The Morgan fingerprint density at radius 1 is 1.73 bits per heavy atom. The van der Waals surface area contributed by atoms with Crippen LogP contribution >= 0.6 is 12.0 Å². The monoisotopic (exact) mass is 182 g/mol. The normalized spacial score (nSPS) is 15.6. The van der Waals surface area contributed by atoms with Crippen molar-refractivity contribution >= 4 is 18.0 Å². The molecule has 0 spiro atoms. The van der Waals surface area contributed by atoms with Crippen LogP contribution in [0.4, 0.5) is 0 Å². The molecule has 1 unspecified atom stereocenters. The zero-order chi connectivity index (χ0) is 8.91. The molecule has 0 rings (SSSR count). The molecule has 2 N–H and O–H groups in total. The second kappa shape index (κ2) is 4.55.